The van der Waals surface area contributed by atoms with Crippen LogP contribution in [0.1, 0.15) is 24.0 Å². The normalized spacial score (nSPS) is 17.9. The Kier molecular flexibility index (Phi) is 6.55. The highest BCUT2D eigenvalue weighted by atomic mass is 16.6. The van der Waals surface area contributed by atoms with Crippen LogP contribution in [0.3, 0.4) is 0 Å². The van der Waals surface area contributed by atoms with Crippen LogP contribution >= 0.6 is 0 Å². The monoisotopic (exact) mass is 380 g/mol. The third-order valence-corrected chi connectivity index (χ3v) is 5.02. The number of methoxy groups -OCH3 is 1. The Morgan fingerprint density at radius 2 is 2.04 bits per heavy atom. The number of esters is 1. The summed E-state index contributed by atoms with van der Waals surface area (Å²) in [6.07, 6.45) is 3.79. The molecule has 2 aromatic rings. The lowest BCUT2D eigenvalue weighted by atomic mass is 9.88. The van der Waals surface area contributed by atoms with Crippen LogP contribution in [0.25, 0.3) is 6.08 Å². The van der Waals surface area contributed by atoms with Crippen LogP contribution in [0.2, 0.25) is 0 Å². The molecule has 146 valence electrons. The number of rotatable bonds is 6. The van der Waals surface area contributed by atoms with Crippen molar-refractivity contribution < 1.29 is 14.5 Å². The summed E-state index contributed by atoms with van der Waals surface area (Å²) in [5.41, 5.74) is 2.66. The zero-order chi connectivity index (χ0) is 19.9. The van der Waals surface area contributed by atoms with E-state index < -0.39 is 0 Å². The molecule has 1 atom stereocenters. The van der Waals surface area contributed by atoms with Gasteiger partial charge in [-0.25, -0.2) is 4.79 Å². The van der Waals surface area contributed by atoms with E-state index in [1.165, 1.54) is 13.2 Å². The summed E-state index contributed by atoms with van der Waals surface area (Å²) in [4.78, 5) is 25.3. The lowest BCUT2D eigenvalue weighted by Gasteiger charge is -2.33. The highest BCUT2D eigenvalue weighted by Crippen LogP contribution is 2.28. The van der Waals surface area contributed by atoms with E-state index in [0.717, 1.165) is 37.1 Å². The van der Waals surface area contributed by atoms with Gasteiger partial charge in [0.15, 0.2) is 0 Å². The molecule has 1 fully saturated rings. The highest BCUT2D eigenvalue weighted by Gasteiger charge is 2.27. The number of carbonyl (C=O) groups excluding carboxylic acids is 1. The number of hydrogen-bond acceptors (Lipinski definition) is 5. The largest absolute Gasteiger partial charge is 0.466 e. The van der Waals surface area contributed by atoms with E-state index in [1.807, 2.05) is 42.5 Å². The Labute approximate surface area is 164 Å². The van der Waals surface area contributed by atoms with E-state index in [9.17, 15) is 14.9 Å². The summed E-state index contributed by atoms with van der Waals surface area (Å²) in [6.45, 7) is 2.24. The summed E-state index contributed by atoms with van der Waals surface area (Å²) >= 11 is 0. The van der Waals surface area contributed by atoms with Gasteiger partial charge in [0.05, 0.1) is 12.0 Å². The Morgan fingerprint density at radius 3 is 2.75 bits per heavy atom. The van der Waals surface area contributed by atoms with Crippen LogP contribution in [0.5, 0.6) is 0 Å². The number of nitrogens with zero attached hydrogens (tertiary/aromatic N) is 2. The molecule has 1 saturated heterocycles. The number of nitro benzene ring substituents is 1. The van der Waals surface area contributed by atoms with Gasteiger partial charge in [0.25, 0.3) is 5.69 Å². The average molecular weight is 380 g/mol. The van der Waals surface area contributed by atoms with Crippen molar-refractivity contribution in [3.63, 3.8) is 0 Å². The fraction of sp³-hybridized carbons (Fsp3) is 0.318. The molecule has 0 spiro atoms. The van der Waals surface area contributed by atoms with Gasteiger partial charge in [-0.15, -0.1) is 0 Å². The molecule has 0 radical (unpaired) electrons. The third-order valence-electron chi connectivity index (χ3n) is 5.02. The van der Waals surface area contributed by atoms with Crippen LogP contribution < -0.4 is 0 Å². The molecule has 1 unspecified atom stereocenters. The van der Waals surface area contributed by atoms with E-state index in [1.54, 1.807) is 12.1 Å². The van der Waals surface area contributed by atoms with Gasteiger partial charge in [-0.05, 0) is 36.6 Å². The van der Waals surface area contributed by atoms with Crippen molar-refractivity contribution in [2.24, 2.45) is 5.92 Å². The number of non-ortho nitro benzene ring substituents is 1. The van der Waals surface area contributed by atoms with Crippen LogP contribution in [0.4, 0.5) is 5.69 Å². The van der Waals surface area contributed by atoms with Crippen molar-refractivity contribution in [2.45, 2.75) is 19.4 Å². The first-order chi connectivity index (χ1) is 13.6. The molecule has 6 nitrogen and oxygen atoms in total. The van der Waals surface area contributed by atoms with Crippen molar-refractivity contribution >= 4 is 17.7 Å². The maximum absolute atomic E-state index is 12.4. The number of likely N-dealkylation sites (tertiary alicyclic amines) is 1. The lowest BCUT2D eigenvalue weighted by molar-refractivity contribution is -0.384. The molecule has 1 aliphatic rings. The molecular weight excluding hydrogens is 356 g/mol. The first-order valence-electron chi connectivity index (χ1n) is 9.37. The molecule has 0 bridgehead atoms. The van der Waals surface area contributed by atoms with E-state index in [0.29, 0.717) is 12.1 Å². The molecule has 3 rings (SSSR count). The predicted octanol–water partition coefficient (Wildman–Crippen LogP) is 4.06. The summed E-state index contributed by atoms with van der Waals surface area (Å²) in [5, 5.41) is 11.0. The van der Waals surface area contributed by atoms with E-state index >= 15 is 0 Å². The second-order valence-electron chi connectivity index (χ2n) is 7.00. The fourth-order valence-electron chi connectivity index (χ4n) is 3.67. The van der Waals surface area contributed by atoms with Crippen LogP contribution in [-0.4, -0.2) is 36.0 Å². The molecule has 0 amide bonds. The first kappa shape index (κ1) is 19.8. The number of hydrogen-bond donors (Lipinski definition) is 0. The molecule has 6 heteroatoms. The number of carbonyl (C=O) groups is 1. The summed E-state index contributed by atoms with van der Waals surface area (Å²) in [6, 6.07) is 16.5. The van der Waals surface area contributed by atoms with Crippen molar-refractivity contribution in [3.05, 3.63) is 81.4 Å². The average Bonchev–Trinajstić information content (AvgIpc) is 2.72. The molecular formula is C22H24N2O4. The number of piperidine rings is 1. The van der Waals surface area contributed by atoms with Gasteiger partial charge in [0.2, 0.25) is 0 Å². The van der Waals surface area contributed by atoms with Gasteiger partial charge in [-0.3, -0.25) is 15.0 Å². The van der Waals surface area contributed by atoms with Gasteiger partial charge in [-0.1, -0.05) is 42.5 Å². The molecule has 0 saturated carbocycles. The molecule has 0 aromatic heterocycles. The van der Waals surface area contributed by atoms with Crippen LogP contribution in [0, 0.1) is 16.0 Å². The zero-order valence-corrected chi connectivity index (χ0v) is 15.9. The molecule has 0 N–H and O–H groups in total. The smallest absolute Gasteiger partial charge is 0.334 e. The van der Waals surface area contributed by atoms with Gasteiger partial charge in [0.1, 0.15) is 0 Å². The van der Waals surface area contributed by atoms with Crippen molar-refractivity contribution in [2.75, 3.05) is 20.2 Å². The minimum absolute atomic E-state index is 0.0695. The minimum Gasteiger partial charge on any atom is -0.466 e. The Balaban J connectivity index is 1.76. The van der Waals surface area contributed by atoms with Gasteiger partial charge in [-0.2, -0.15) is 0 Å². The molecule has 0 aliphatic carbocycles. The topological polar surface area (TPSA) is 72.7 Å². The van der Waals surface area contributed by atoms with Gasteiger partial charge >= 0.3 is 5.97 Å². The maximum atomic E-state index is 12.4. The first-order valence-corrected chi connectivity index (χ1v) is 9.37. The second kappa shape index (κ2) is 9.28. The predicted molar refractivity (Wildman–Crippen MR) is 108 cm³/mol. The Morgan fingerprint density at radius 1 is 1.25 bits per heavy atom. The van der Waals surface area contributed by atoms with E-state index in [4.69, 9.17) is 4.74 Å². The standard InChI is InChI=1S/C22H24N2O4/c1-28-22(25)21(14-17-7-3-2-4-8-17)19-10-6-12-23(16-19)15-18-9-5-11-20(13-18)24(26)27/h2-5,7-9,11,13-14,19H,6,10,12,15-16H2,1H3. The Bertz CT molecular complexity index is 864. The van der Waals surface area contributed by atoms with Gasteiger partial charge in [0, 0.05) is 36.7 Å². The number of benzene rings is 2. The van der Waals surface area contributed by atoms with E-state index in [2.05, 4.69) is 4.90 Å². The third kappa shape index (κ3) is 5.04. The van der Waals surface area contributed by atoms with Crippen molar-refractivity contribution in [1.82, 2.24) is 4.90 Å². The number of ether oxygens (including phenoxy) is 1. The Hall–Kier alpha value is -2.99. The lowest BCUT2D eigenvalue weighted by Crippen LogP contribution is -2.37. The van der Waals surface area contributed by atoms with Crippen LogP contribution in [-0.2, 0) is 16.1 Å². The highest BCUT2D eigenvalue weighted by molar-refractivity contribution is 5.94. The van der Waals surface area contributed by atoms with Crippen LogP contribution in [0.15, 0.2) is 60.2 Å². The molecule has 1 aliphatic heterocycles. The SMILES string of the molecule is COC(=O)C(=Cc1ccccc1)C1CCCN(Cc2cccc([N+](=O)[O-])c2)C1. The fourth-order valence-corrected chi connectivity index (χ4v) is 3.67. The molecule has 1 heterocycles. The van der Waals surface area contributed by atoms with E-state index in [-0.39, 0.29) is 22.5 Å². The maximum Gasteiger partial charge on any atom is 0.334 e. The minimum atomic E-state index is -0.375. The number of nitro groups is 1. The van der Waals surface area contributed by atoms with Crippen molar-refractivity contribution in [1.29, 1.82) is 0 Å². The quantitative estimate of drug-likeness (QED) is 0.327. The second-order valence-corrected chi connectivity index (χ2v) is 7.00. The van der Waals surface area contributed by atoms with Crippen molar-refractivity contribution in [3.8, 4) is 0 Å². The zero-order valence-electron chi connectivity index (χ0n) is 15.9. The summed E-state index contributed by atoms with van der Waals surface area (Å²) in [7, 11) is 1.41. The summed E-state index contributed by atoms with van der Waals surface area (Å²) < 4.78 is 5.03. The molecule has 28 heavy (non-hydrogen) atoms. The molecule has 2 aromatic carbocycles. The van der Waals surface area contributed by atoms with Gasteiger partial charge < -0.3 is 4.74 Å². The summed E-state index contributed by atoms with van der Waals surface area (Å²) in [5.74, 6) is -0.230.